The molecule has 1 aliphatic heterocycles. The van der Waals surface area contributed by atoms with Crippen molar-refractivity contribution >= 4 is 12.4 Å². The normalized spacial score (nSPS) is 18.2. The predicted octanol–water partition coefficient (Wildman–Crippen LogP) is 4.47. The van der Waals surface area contributed by atoms with Gasteiger partial charge in [-0.3, -0.25) is 0 Å². The van der Waals surface area contributed by atoms with Gasteiger partial charge in [0.1, 0.15) is 17.6 Å². The number of aromatic nitrogens is 2. The summed E-state index contributed by atoms with van der Waals surface area (Å²) < 4.78 is 16.7. The summed E-state index contributed by atoms with van der Waals surface area (Å²) in [4.78, 5) is 30.2. The van der Waals surface area contributed by atoms with E-state index in [2.05, 4.69) is 10.1 Å². The Morgan fingerprint density at radius 1 is 1.15 bits per heavy atom. The number of ether oxygens (including phenoxy) is 2. The third-order valence-corrected chi connectivity index (χ3v) is 5.33. The maximum Gasteiger partial charge on any atom is 0.410 e. The van der Waals surface area contributed by atoms with E-state index in [1.165, 1.54) is 0 Å². The summed E-state index contributed by atoms with van der Waals surface area (Å²) in [6, 6.07) is 17.0. The van der Waals surface area contributed by atoms with E-state index in [1.807, 2.05) is 75.4 Å². The van der Waals surface area contributed by atoms with Crippen LogP contribution in [0.4, 0.5) is 4.79 Å². The highest BCUT2D eigenvalue weighted by Crippen LogP contribution is 2.34. The molecule has 1 saturated heterocycles. The van der Waals surface area contributed by atoms with Crippen molar-refractivity contribution in [2.75, 3.05) is 13.1 Å². The maximum atomic E-state index is 12.5. The van der Waals surface area contributed by atoms with Crippen LogP contribution in [0.2, 0.25) is 0 Å². The molecular weight excluding hydrogens is 422 g/mol. The van der Waals surface area contributed by atoms with Gasteiger partial charge in [0.2, 0.25) is 5.82 Å². The number of carbonyl (C=O) groups excluding carboxylic acids is 2. The van der Waals surface area contributed by atoms with Crippen molar-refractivity contribution < 1.29 is 23.6 Å². The Kier molecular flexibility index (Phi) is 6.44. The van der Waals surface area contributed by atoms with E-state index in [4.69, 9.17) is 14.0 Å². The number of amides is 1. The van der Waals surface area contributed by atoms with Gasteiger partial charge >= 0.3 is 6.09 Å². The Bertz CT molecular complexity index is 1110. The molecule has 2 aromatic carbocycles. The van der Waals surface area contributed by atoms with Gasteiger partial charge in [-0.2, -0.15) is 4.98 Å². The molecule has 0 saturated carbocycles. The maximum absolute atomic E-state index is 12.5. The SMILES string of the molecule is CC(C)(C)OC(=O)N1CC(C=O)[C@H](c2cccc(OCc3noc(-c4ccccc4)n3)c2)C1. The van der Waals surface area contributed by atoms with Crippen LogP contribution in [-0.2, 0) is 16.1 Å². The molecule has 1 aromatic heterocycles. The molecule has 172 valence electrons. The van der Waals surface area contributed by atoms with Crippen LogP contribution in [0.25, 0.3) is 11.5 Å². The van der Waals surface area contributed by atoms with Crippen molar-refractivity contribution in [3.8, 4) is 17.2 Å². The Morgan fingerprint density at radius 3 is 2.67 bits per heavy atom. The van der Waals surface area contributed by atoms with Crippen LogP contribution in [0.1, 0.15) is 38.1 Å². The average Bonchev–Trinajstić information content (AvgIpc) is 3.45. The lowest BCUT2D eigenvalue weighted by atomic mass is 9.90. The summed E-state index contributed by atoms with van der Waals surface area (Å²) in [5.74, 6) is 1.05. The summed E-state index contributed by atoms with van der Waals surface area (Å²) in [5, 5.41) is 3.98. The standard InChI is InChI=1S/C25H27N3O5/c1-25(2,3)32-24(30)28-13-19(15-29)21(14-28)18-10-7-11-20(12-18)31-16-22-26-23(33-27-22)17-8-5-4-6-9-17/h4-12,15,19,21H,13-14,16H2,1-3H3/t19?,21-/m0/s1. The fourth-order valence-electron chi connectivity index (χ4n) is 3.79. The van der Waals surface area contributed by atoms with Crippen LogP contribution in [-0.4, -0.2) is 46.1 Å². The zero-order chi connectivity index (χ0) is 23.4. The van der Waals surface area contributed by atoms with E-state index >= 15 is 0 Å². The highest BCUT2D eigenvalue weighted by atomic mass is 16.6. The van der Waals surface area contributed by atoms with Crippen molar-refractivity contribution in [1.29, 1.82) is 0 Å². The minimum atomic E-state index is -0.588. The molecule has 0 N–H and O–H groups in total. The fraction of sp³-hybridized carbons (Fsp3) is 0.360. The lowest BCUT2D eigenvalue weighted by molar-refractivity contribution is -0.111. The lowest BCUT2D eigenvalue weighted by Crippen LogP contribution is -2.35. The Morgan fingerprint density at radius 2 is 1.94 bits per heavy atom. The summed E-state index contributed by atoms with van der Waals surface area (Å²) in [7, 11) is 0. The second-order valence-corrected chi connectivity index (χ2v) is 9.03. The number of aldehydes is 1. The Labute approximate surface area is 192 Å². The molecule has 2 atom stereocenters. The Hall–Kier alpha value is -3.68. The van der Waals surface area contributed by atoms with Crippen molar-refractivity contribution in [2.45, 2.75) is 38.9 Å². The molecule has 8 nitrogen and oxygen atoms in total. The van der Waals surface area contributed by atoms with Crippen LogP contribution in [0.15, 0.2) is 59.1 Å². The minimum Gasteiger partial charge on any atom is -0.485 e. The fourth-order valence-corrected chi connectivity index (χ4v) is 3.79. The van der Waals surface area contributed by atoms with E-state index in [-0.39, 0.29) is 18.4 Å². The molecule has 0 aliphatic carbocycles. The smallest absolute Gasteiger partial charge is 0.410 e. The number of likely N-dealkylation sites (tertiary alicyclic amines) is 1. The van der Waals surface area contributed by atoms with Crippen molar-refractivity contribution in [3.63, 3.8) is 0 Å². The molecule has 0 spiro atoms. The molecule has 1 aliphatic rings. The van der Waals surface area contributed by atoms with E-state index in [9.17, 15) is 9.59 Å². The number of benzene rings is 2. The van der Waals surface area contributed by atoms with Gasteiger partial charge in [0.05, 0.1) is 0 Å². The topological polar surface area (TPSA) is 94.8 Å². The molecular formula is C25H27N3O5. The van der Waals surface area contributed by atoms with Crippen LogP contribution >= 0.6 is 0 Å². The summed E-state index contributed by atoms with van der Waals surface area (Å²) >= 11 is 0. The number of hydrogen-bond acceptors (Lipinski definition) is 7. The number of rotatable bonds is 6. The molecule has 0 bridgehead atoms. The Balaban J connectivity index is 1.42. The second-order valence-electron chi connectivity index (χ2n) is 9.03. The molecule has 8 heteroatoms. The molecule has 33 heavy (non-hydrogen) atoms. The quantitative estimate of drug-likeness (QED) is 0.513. The molecule has 1 unspecified atom stereocenters. The van der Waals surface area contributed by atoms with Gasteiger partial charge in [0, 0.05) is 30.5 Å². The average molecular weight is 450 g/mol. The lowest BCUT2D eigenvalue weighted by Gasteiger charge is -2.24. The van der Waals surface area contributed by atoms with Gasteiger partial charge in [0.15, 0.2) is 6.61 Å². The summed E-state index contributed by atoms with van der Waals surface area (Å²) in [6.07, 6.45) is 0.503. The summed E-state index contributed by atoms with van der Waals surface area (Å²) in [6.45, 7) is 6.35. The monoisotopic (exact) mass is 449 g/mol. The first-order valence-electron chi connectivity index (χ1n) is 10.9. The molecule has 2 heterocycles. The van der Waals surface area contributed by atoms with Gasteiger partial charge in [-0.25, -0.2) is 4.79 Å². The highest BCUT2D eigenvalue weighted by Gasteiger charge is 2.38. The second kappa shape index (κ2) is 9.44. The molecule has 4 rings (SSSR count). The molecule has 0 radical (unpaired) electrons. The van der Waals surface area contributed by atoms with Crippen LogP contribution in [0.5, 0.6) is 5.75 Å². The molecule has 1 fully saturated rings. The zero-order valence-electron chi connectivity index (χ0n) is 18.9. The van der Waals surface area contributed by atoms with Crippen LogP contribution in [0.3, 0.4) is 0 Å². The van der Waals surface area contributed by atoms with Crippen LogP contribution < -0.4 is 4.74 Å². The first-order chi connectivity index (χ1) is 15.8. The minimum absolute atomic E-state index is 0.131. The summed E-state index contributed by atoms with van der Waals surface area (Å²) in [5.41, 5.74) is 1.18. The van der Waals surface area contributed by atoms with Gasteiger partial charge in [0.25, 0.3) is 5.89 Å². The van der Waals surface area contributed by atoms with E-state index in [0.717, 1.165) is 17.4 Å². The van der Waals surface area contributed by atoms with E-state index in [1.54, 1.807) is 4.90 Å². The zero-order valence-corrected chi connectivity index (χ0v) is 18.9. The van der Waals surface area contributed by atoms with Crippen molar-refractivity contribution in [1.82, 2.24) is 15.0 Å². The number of carbonyl (C=O) groups is 2. The number of nitrogens with zero attached hydrogens (tertiary/aromatic N) is 3. The highest BCUT2D eigenvalue weighted by molar-refractivity contribution is 5.71. The molecule has 3 aromatic rings. The van der Waals surface area contributed by atoms with Gasteiger partial charge in [-0.05, 0) is 50.6 Å². The van der Waals surface area contributed by atoms with Gasteiger partial charge in [-0.15, -0.1) is 0 Å². The predicted molar refractivity (Wildman–Crippen MR) is 121 cm³/mol. The van der Waals surface area contributed by atoms with Crippen molar-refractivity contribution in [2.24, 2.45) is 5.92 Å². The van der Waals surface area contributed by atoms with Gasteiger partial charge in [-0.1, -0.05) is 35.5 Å². The van der Waals surface area contributed by atoms with Gasteiger partial charge < -0.3 is 23.7 Å². The van der Waals surface area contributed by atoms with E-state index < -0.39 is 11.7 Å². The molecule has 1 amide bonds. The third-order valence-electron chi connectivity index (χ3n) is 5.33. The van der Waals surface area contributed by atoms with Crippen molar-refractivity contribution in [3.05, 3.63) is 66.0 Å². The van der Waals surface area contributed by atoms with E-state index in [0.29, 0.717) is 30.6 Å². The first kappa shape index (κ1) is 22.5. The third kappa shape index (κ3) is 5.58. The largest absolute Gasteiger partial charge is 0.485 e. The first-order valence-corrected chi connectivity index (χ1v) is 10.9. The van der Waals surface area contributed by atoms with Crippen LogP contribution in [0, 0.1) is 5.92 Å². The number of hydrogen-bond donors (Lipinski definition) is 0.